The van der Waals surface area contributed by atoms with Crippen LogP contribution in [0, 0.1) is 4.91 Å². The second-order valence-electron chi connectivity index (χ2n) is 3.03. The van der Waals surface area contributed by atoms with Crippen LogP contribution < -0.4 is 0 Å². The molecule has 80 valence electrons. The molecular formula is C8H12ClNO3S. The van der Waals surface area contributed by atoms with Gasteiger partial charge in [0.05, 0.1) is 12.0 Å². The number of hydrogen-bond acceptors (Lipinski definition) is 5. The van der Waals surface area contributed by atoms with Gasteiger partial charge in [0.2, 0.25) is 0 Å². The monoisotopic (exact) mass is 237 g/mol. The predicted octanol–water partition coefficient (Wildman–Crippen LogP) is 1.80. The van der Waals surface area contributed by atoms with Gasteiger partial charge in [-0.05, 0) is 6.42 Å². The van der Waals surface area contributed by atoms with Crippen molar-refractivity contribution in [2.45, 2.75) is 30.0 Å². The molecule has 1 saturated heterocycles. The van der Waals surface area contributed by atoms with Gasteiger partial charge in [-0.15, -0.1) is 23.4 Å². The first-order chi connectivity index (χ1) is 6.70. The lowest BCUT2D eigenvalue weighted by atomic mass is 10.1. The fourth-order valence-corrected chi connectivity index (χ4v) is 2.92. The number of hydrogen-bond donors (Lipinski definition) is 0. The van der Waals surface area contributed by atoms with Crippen LogP contribution in [0.5, 0.6) is 0 Å². The Bertz CT molecular complexity index is 227. The summed E-state index contributed by atoms with van der Waals surface area (Å²) < 4.78 is 4.94. The Morgan fingerprint density at radius 2 is 2.43 bits per heavy atom. The van der Waals surface area contributed by atoms with Gasteiger partial charge >= 0.3 is 5.97 Å². The zero-order chi connectivity index (χ0) is 10.6. The maximum absolute atomic E-state index is 11.4. The standard InChI is InChI=1S/C8H12ClNO3S/c1-2-3-13-8(11)7-6(10-12)5(9)4-14-7/h5-7H,2-4H2,1H3. The third-order valence-electron chi connectivity index (χ3n) is 1.92. The molecule has 0 saturated carbocycles. The van der Waals surface area contributed by atoms with Crippen molar-refractivity contribution < 1.29 is 9.53 Å². The Morgan fingerprint density at radius 3 is 3.00 bits per heavy atom. The molecule has 0 aromatic carbocycles. The molecule has 1 rings (SSSR count). The molecule has 3 atom stereocenters. The van der Waals surface area contributed by atoms with Crippen LogP contribution in [0.15, 0.2) is 5.18 Å². The predicted molar refractivity (Wildman–Crippen MR) is 56.7 cm³/mol. The fraction of sp³-hybridized carbons (Fsp3) is 0.875. The fourth-order valence-electron chi connectivity index (χ4n) is 1.20. The molecule has 1 fully saturated rings. The number of thioether (sulfide) groups is 1. The van der Waals surface area contributed by atoms with Crippen LogP contribution in [0.3, 0.4) is 0 Å². The lowest BCUT2D eigenvalue weighted by molar-refractivity contribution is -0.143. The molecule has 0 aromatic heterocycles. The third kappa shape index (κ3) is 2.60. The molecule has 0 amide bonds. The van der Waals surface area contributed by atoms with E-state index in [-0.39, 0.29) is 11.3 Å². The molecule has 0 N–H and O–H groups in total. The number of alkyl halides is 1. The summed E-state index contributed by atoms with van der Waals surface area (Å²) in [6.07, 6.45) is 0.770. The minimum atomic E-state index is -0.647. The van der Waals surface area contributed by atoms with E-state index in [0.29, 0.717) is 12.4 Å². The second kappa shape index (κ2) is 5.56. The average Bonchev–Trinajstić information content (AvgIpc) is 2.55. The van der Waals surface area contributed by atoms with Gasteiger partial charge in [0.1, 0.15) is 11.3 Å². The van der Waals surface area contributed by atoms with E-state index < -0.39 is 11.3 Å². The summed E-state index contributed by atoms with van der Waals surface area (Å²) in [5.74, 6) is 0.203. The summed E-state index contributed by atoms with van der Waals surface area (Å²) in [6, 6.07) is -0.647. The topological polar surface area (TPSA) is 55.7 Å². The number of nitroso groups, excluding NO2 is 1. The molecule has 0 radical (unpaired) electrons. The highest BCUT2D eigenvalue weighted by Crippen LogP contribution is 2.33. The molecule has 0 aromatic rings. The maximum atomic E-state index is 11.4. The van der Waals surface area contributed by atoms with E-state index in [0.717, 1.165) is 6.42 Å². The summed E-state index contributed by atoms with van der Waals surface area (Å²) in [5, 5.41) is 2.01. The van der Waals surface area contributed by atoms with Gasteiger partial charge in [-0.3, -0.25) is 4.79 Å². The Kier molecular flexibility index (Phi) is 4.68. The van der Waals surface area contributed by atoms with Crippen molar-refractivity contribution in [3.8, 4) is 0 Å². The van der Waals surface area contributed by atoms with Gasteiger partial charge in [0.25, 0.3) is 0 Å². The first-order valence-electron chi connectivity index (χ1n) is 4.45. The van der Waals surface area contributed by atoms with Crippen LogP contribution >= 0.6 is 23.4 Å². The number of halogens is 1. The van der Waals surface area contributed by atoms with Crippen LogP contribution in [-0.2, 0) is 9.53 Å². The molecule has 1 heterocycles. The zero-order valence-corrected chi connectivity index (χ0v) is 9.38. The second-order valence-corrected chi connectivity index (χ2v) is 4.77. The van der Waals surface area contributed by atoms with Gasteiger partial charge in [0.15, 0.2) is 0 Å². The molecule has 1 aliphatic rings. The Morgan fingerprint density at radius 1 is 1.71 bits per heavy atom. The minimum absolute atomic E-state index is 0.350. The summed E-state index contributed by atoms with van der Waals surface area (Å²) >= 11 is 7.17. The number of esters is 1. The van der Waals surface area contributed by atoms with Crippen molar-refractivity contribution >= 4 is 29.3 Å². The molecule has 0 aliphatic carbocycles. The number of rotatable bonds is 4. The van der Waals surface area contributed by atoms with Gasteiger partial charge in [-0.25, -0.2) is 0 Å². The van der Waals surface area contributed by atoms with E-state index in [1.165, 1.54) is 11.8 Å². The van der Waals surface area contributed by atoms with E-state index in [2.05, 4.69) is 5.18 Å². The molecule has 1 aliphatic heterocycles. The Balaban J connectivity index is 2.50. The molecule has 3 unspecified atom stereocenters. The van der Waals surface area contributed by atoms with E-state index >= 15 is 0 Å². The van der Waals surface area contributed by atoms with E-state index in [1.807, 2.05) is 6.92 Å². The zero-order valence-electron chi connectivity index (χ0n) is 7.81. The van der Waals surface area contributed by atoms with Crippen LogP contribution in [-0.4, -0.2) is 35.0 Å². The smallest absolute Gasteiger partial charge is 0.321 e. The van der Waals surface area contributed by atoms with Crippen molar-refractivity contribution in [3.63, 3.8) is 0 Å². The van der Waals surface area contributed by atoms with Gasteiger partial charge < -0.3 is 4.74 Å². The summed E-state index contributed by atoms with van der Waals surface area (Å²) in [7, 11) is 0. The van der Waals surface area contributed by atoms with E-state index in [9.17, 15) is 9.70 Å². The quantitative estimate of drug-likeness (QED) is 0.425. The molecule has 0 bridgehead atoms. The number of ether oxygens (including phenoxy) is 1. The number of carbonyl (C=O) groups is 1. The Labute approximate surface area is 91.7 Å². The average molecular weight is 238 g/mol. The van der Waals surface area contributed by atoms with Crippen molar-refractivity contribution in [1.29, 1.82) is 0 Å². The maximum Gasteiger partial charge on any atom is 0.321 e. The van der Waals surface area contributed by atoms with Crippen molar-refractivity contribution in [1.82, 2.24) is 0 Å². The van der Waals surface area contributed by atoms with Crippen LogP contribution in [0.1, 0.15) is 13.3 Å². The van der Waals surface area contributed by atoms with E-state index in [4.69, 9.17) is 16.3 Å². The van der Waals surface area contributed by atoms with Crippen LogP contribution in [0.2, 0.25) is 0 Å². The van der Waals surface area contributed by atoms with Crippen molar-refractivity contribution in [2.24, 2.45) is 5.18 Å². The number of nitrogens with zero attached hydrogens (tertiary/aromatic N) is 1. The number of carbonyl (C=O) groups excluding carboxylic acids is 1. The van der Waals surface area contributed by atoms with Gasteiger partial charge in [-0.1, -0.05) is 12.1 Å². The summed E-state index contributed by atoms with van der Waals surface area (Å²) in [4.78, 5) is 21.9. The molecular weight excluding hydrogens is 226 g/mol. The molecule has 4 nitrogen and oxygen atoms in total. The van der Waals surface area contributed by atoms with Crippen molar-refractivity contribution in [3.05, 3.63) is 4.91 Å². The lowest BCUT2D eigenvalue weighted by Gasteiger charge is -2.12. The lowest BCUT2D eigenvalue weighted by Crippen LogP contribution is -2.31. The molecule has 6 heteroatoms. The highest BCUT2D eigenvalue weighted by molar-refractivity contribution is 8.01. The highest BCUT2D eigenvalue weighted by atomic mass is 35.5. The van der Waals surface area contributed by atoms with Gasteiger partial charge in [-0.2, -0.15) is 4.91 Å². The van der Waals surface area contributed by atoms with Crippen LogP contribution in [0.4, 0.5) is 0 Å². The summed E-state index contributed by atoms with van der Waals surface area (Å²) in [6.45, 7) is 2.29. The van der Waals surface area contributed by atoms with Crippen LogP contribution in [0.25, 0.3) is 0 Å². The molecule has 0 spiro atoms. The first-order valence-corrected chi connectivity index (χ1v) is 5.94. The summed E-state index contributed by atoms with van der Waals surface area (Å²) in [5.41, 5.74) is 0. The minimum Gasteiger partial charge on any atom is -0.465 e. The Hall–Kier alpha value is -0.290. The van der Waals surface area contributed by atoms with Crippen molar-refractivity contribution in [2.75, 3.05) is 12.4 Å². The van der Waals surface area contributed by atoms with E-state index in [1.54, 1.807) is 0 Å². The molecule has 14 heavy (non-hydrogen) atoms. The van der Waals surface area contributed by atoms with Gasteiger partial charge in [0, 0.05) is 5.75 Å². The normalized spacial score (nSPS) is 31.4. The third-order valence-corrected chi connectivity index (χ3v) is 3.90. The SMILES string of the molecule is CCCOC(=O)C1SCC(Cl)C1N=O. The largest absolute Gasteiger partial charge is 0.465 e. The highest BCUT2D eigenvalue weighted by Gasteiger charge is 2.42. The first kappa shape index (κ1) is 11.8.